The number of aromatic nitrogens is 4. The van der Waals surface area contributed by atoms with Gasteiger partial charge in [0.1, 0.15) is 5.75 Å². The van der Waals surface area contributed by atoms with Crippen LogP contribution in [0.2, 0.25) is 0 Å². The summed E-state index contributed by atoms with van der Waals surface area (Å²) in [5.41, 5.74) is 4.29. The molecule has 0 aliphatic carbocycles. The van der Waals surface area contributed by atoms with Gasteiger partial charge in [-0.3, -0.25) is 0 Å². The fourth-order valence-corrected chi connectivity index (χ4v) is 2.86. The van der Waals surface area contributed by atoms with Crippen LogP contribution < -0.4 is 4.74 Å². The Hall–Kier alpha value is -3.47. The third-order valence-electron chi connectivity index (χ3n) is 4.19. The van der Waals surface area contributed by atoms with Crippen LogP contribution in [0.5, 0.6) is 5.75 Å². The van der Waals surface area contributed by atoms with Crippen molar-refractivity contribution in [3.8, 4) is 28.3 Å². The molecular formula is C21H18N4O. The Balaban J connectivity index is 1.62. The first-order valence-corrected chi connectivity index (χ1v) is 8.39. The van der Waals surface area contributed by atoms with Crippen molar-refractivity contribution in [2.24, 2.45) is 0 Å². The molecule has 0 spiro atoms. The lowest BCUT2D eigenvalue weighted by atomic mass is 9.99. The van der Waals surface area contributed by atoms with Gasteiger partial charge in [-0.15, -0.1) is 10.2 Å². The second-order valence-electron chi connectivity index (χ2n) is 5.90. The van der Waals surface area contributed by atoms with Crippen molar-refractivity contribution >= 4 is 0 Å². The number of rotatable bonds is 5. The minimum absolute atomic E-state index is 0.560. The first-order chi connectivity index (χ1) is 12.8. The SMILES string of the molecule is COc1ccc(Cn2nnc(-c3ccccc3-c3ccccc3)n2)cc1. The fourth-order valence-electron chi connectivity index (χ4n) is 2.86. The third kappa shape index (κ3) is 3.32. The lowest BCUT2D eigenvalue weighted by Crippen LogP contribution is -2.04. The number of hydrogen-bond acceptors (Lipinski definition) is 4. The van der Waals surface area contributed by atoms with E-state index in [0.29, 0.717) is 12.4 Å². The monoisotopic (exact) mass is 342 g/mol. The first kappa shape index (κ1) is 16.0. The van der Waals surface area contributed by atoms with Gasteiger partial charge in [0.25, 0.3) is 0 Å². The van der Waals surface area contributed by atoms with Crippen molar-refractivity contribution in [3.63, 3.8) is 0 Å². The minimum Gasteiger partial charge on any atom is -0.497 e. The van der Waals surface area contributed by atoms with Crippen molar-refractivity contribution in [1.29, 1.82) is 0 Å². The number of hydrogen-bond donors (Lipinski definition) is 0. The topological polar surface area (TPSA) is 52.8 Å². The van der Waals surface area contributed by atoms with Crippen LogP contribution in [0, 0.1) is 0 Å². The number of methoxy groups -OCH3 is 1. The largest absolute Gasteiger partial charge is 0.497 e. The standard InChI is InChI=1S/C21H18N4O/c1-26-18-13-11-16(12-14-18)15-25-23-21(22-24-25)20-10-6-5-9-19(20)17-7-3-2-4-8-17/h2-14H,15H2,1H3. The van der Waals surface area contributed by atoms with Gasteiger partial charge < -0.3 is 4.74 Å². The van der Waals surface area contributed by atoms with Gasteiger partial charge in [0, 0.05) is 5.56 Å². The van der Waals surface area contributed by atoms with E-state index >= 15 is 0 Å². The van der Waals surface area contributed by atoms with Crippen LogP contribution in [0.15, 0.2) is 78.9 Å². The van der Waals surface area contributed by atoms with Crippen LogP contribution >= 0.6 is 0 Å². The molecule has 0 amide bonds. The molecular weight excluding hydrogens is 324 g/mol. The molecule has 5 nitrogen and oxygen atoms in total. The number of benzene rings is 3. The second kappa shape index (κ2) is 7.19. The Kier molecular flexibility index (Phi) is 4.43. The molecule has 0 aliphatic heterocycles. The van der Waals surface area contributed by atoms with Crippen molar-refractivity contribution in [1.82, 2.24) is 20.2 Å². The van der Waals surface area contributed by atoms with Gasteiger partial charge >= 0.3 is 0 Å². The van der Waals surface area contributed by atoms with E-state index in [1.54, 1.807) is 11.9 Å². The average molecular weight is 342 g/mol. The summed E-state index contributed by atoms with van der Waals surface area (Å²) in [6.45, 7) is 0.560. The molecule has 0 saturated carbocycles. The van der Waals surface area contributed by atoms with E-state index in [2.05, 4.69) is 33.6 Å². The molecule has 0 aliphatic rings. The maximum atomic E-state index is 5.19. The molecule has 0 N–H and O–H groups in total. The molecule has 0 fully saturated rings. The summed E-state index contributed by atoms with van der Waals surface area (Å²) in [4.78, 5) is 1.61. The fraction of sp³-hybridized carbons (Fsp3) is 0.0952. The third-order valence-corrected chi connectivity index (χ3v) is 4.19. The summed E-state index contributed by atoms with van der Waals surface area (Å²) in [5.74, 6) is 1.45. The summed E-state index contributed by atoms with van der Waals surface area (Å²) in [5, 5.41) is 13.0. The van der Waals surface area contributed by atoms with Crippen LogP contribution in [-0.2, 0) is 6.54 Å². The van der Waals surface area contributed by atoms with Gasteiger partial charge in [-0.05, 0) is 34.0 Å². The molecule has 5 heteroatoms. The summed E-state index contributed by atoms with van der Waals surface area (Å²) < 4.78 is 5.19. The van der Waals surface area contributed by atoms with Gasteiger partial charge in [-0.25, -0.2) is 0 Å². The molecule has 3 aromatic carbocycles. The van der Waals surface area contributed by atoms with Crippen molar-refractivity contribution in [2.45, 2.75) is 6.54 Å². The van der Waals surface area contributed by atoms with Crippen LogP contribution in [0.4, 0.5) is 0 Å². The average Bonchev–Trinajstić information content (AvgIpc) is 3.17. The van der Waals surface area contributed by atoms with Crippen molar-refractivity contribution in [3.05, 3.63) is 84.4 Å². The van der Waals surface area contributed by atoms with Gasteiger partial charge in [-0.2, -0.15) is 4.80 Å². The zero-order chi connectivity index (χ0) is 17.8. The van der Waals surface area contributed by atoms with E-state index in [-0.39, 0.29) is 0 Å². The molecule has 0 atom stereocenters. The maximum absolute atomic E-state index is 5.19. The minimum atomic E-state index is 0.560. The van der Waals surface area contributed by atoms with Gasteiger partial charge in [-0.1, -0.05) is 66.7 Å². The summed E-state index contributed by atoms with van der Waals surface area (Å²) in [6, 6.07) is 26.2. The van der Waals surface area contributed by atoms with Gasteiger partial charge in [0.05, 0.1) is 13.7 Å². The first-order valence-electron chi connectivity index (χ1n) is 8.39. The van der Waals surface area contributed by atoms with E-state index < -0.39 is 0 Å². The zero-order valence-electron chi connectivity index (χ0n) is 14.4. The molecule has 0 radical (unpaired) electrons. The molecule has 26 heavy (non-hydrogen) atoms. The smallest absolute Gasteiger partial charge is 0.205 e. The van der Waals surface area contributed by atoms with Crippen LogP contribution in [0.25, 0.3) is 22.5 Å². The number of nitrogens with zero attached hydrogens (tertiary/aromatic N) is 4. The highest BCUT2D eigenvalue weighted by atomic mass is 16.5. The van der Waals surface area contributed by atoms with Crippen LogP contribution in [-0.4, -0.2) is 27.3 Å². The van der Waals surface area contributed by atoms with Gasteiger partial charge in [0.2, 0.25) is 5.82 Å². The highest BCUT2D eigenvalue weighted by Gasteiger charge is 2.12. The molecule has 0 unspecified atom stereocenters. The predicted octanol–water partition coefficient (Wildman–Crippen LogP) is 4.06. The zero-order valence-corrected chi connectivity index (χ0v) is 14.4. The van der Waals surface area contributed by atoms with E-state index in [1.807, 2.05) is 60.7 Å². The van der Waals surface area contributed by atoms with Crippen LogP contribution in [0.1, 0.15) is 5.56 Å². The maximum Gasteiger partial charge on any atom is 0.205 e. The quantitative estimate of drug-likeness (QED) is 0.549. The molecule has 1 heterocycles. The summed E-state index contributed by atoms with van der Waals surface area (Å²) in [7, 11) is 1.66. The van der Waals surface area contributed by atoms with Crippen molar-refractivity contribution in [2.75, 3.05) is 7.11 Å². The van der Waals surface area contributed by atoms with Crippen LogP contribution in [0.3, 0.4) is 0 Å². The highest BCUT2D eigenvalue weighted by Crippen LogP contribution is 2.29. The summed E-state index contributed by atoms with van der Waals surface area (Å²) >= 11 is 0. The molecule has 1 aromatic heterocycles. The molecule has 0 saturated heterocycles. The Morgan fingerprint density at radius 2 is 1.50 bits per heavy atom. The Labute approximate surface area is 151 Å². The number of tetrazole rings is 1. The predicted molar refractivity (Wildman–Crippen MR) is 101 cm³/mol. The lowest BCUT2D eigenvalue weighted by Gasteiger charge is -2.06. The van der Waals surface area contributed by atoms with E-state index in [9.17, 15) is 0 Å². The normalized spacial score (nSPS) is 10.7. The second-order valence-corrected chi connectivity index (χ2v) is 5.90. The Morgan fingerprint density at radius 3 is 2.23 bits per heavy atom. The van der Waals surface area contributed by atoms with E-state index in [4.69, 9.17) is 4.74 Å². The van der Waals surface area contributed by atoms with Gasteiger partial charge in [0.15, 0.2) is 0 Å². The number of ether oxygens (including phenoxy) is 1. The highest BCUT2D eigenvalue weighted by molar-refractivity contribution is 5.80. The van der Waals surface area contributed by atoms with E-state index in [1.165, 1.54) is 0 Å². The molecule has 4 rings (SSSR count). The van der Waals surface area contributed by atoms with E-state index in [0.717, 1.165) is 28.0 Å². The Morgan fingerprint density at radius 1 is 0.808 bits per heavy atom. The Bertz CT molecular complexity index is 994. The lowest BCUT2D eigenvalue weighted by molar-refractivity contribution is 0.414. The summed E-state index contributed by atoms with van der Waals surface area (Å²) in [6.07, 6.45) is 0. The molecule has 4 aromatic rings. The van der Waals surface area contributed by atoms with Crippen molar-refractivity contribution < 1.29 is 4.74 Å². The molecule has 128 valence electrons. The molecule has 0 bridgehead atoms.